The second-order valence-corrected chi connectivity index (χ2v) is 6.95. The first-order valence-corrected chi connectivity index (χ1v) is 9.28. The molecule has 0 saturated carbocycles. The van der Waals surface area contributed by atoms with Crippen LogP contribution in [0.1, 0.15) is 5.56 Å². The van der Waals surface area contributed by atoms with E-state index >= 15 is 0 Å². The summed E-state index contributed by atoms with van der Waals surface area (Å²) in [6.07, 6.45) is 3.57. The van der Waals surface area contributed by atoms with Gasteiger partial charge in [-0.15, -0.1) is 0 Å². The van der Waals surface area contributed by atoms with Crippen LogP contribution >= 0.6 is 15.9 Å². The molecule has 2 aromatic carbocycles. The summed E-state index contributed by atoms with van der Waals surface area (Å²) in [6, 6.07) is 19.3. The Kier molecular flexibility index (Phi) is 4.95. The molecule has 0 radical (unpaired) electrons. The van der Waals surface area contributed by atoms with E-state index in [0.717, 1.165) is 15.6 Å². The molecule has 138 valence electrons. The predicted octanol–water partition coefficient (Wildman–Crippen LogP) is 3.54. The van der Waals surface area contributed by atoms with Crippen molar-refractivity contribution in [2.24, 2.45) is 0 Å². The molecule has 1 N–H and O–H groups in total. The number of aromatic nitrogens is 2. The van der Waals surface area contributed by atoms with Crippen molar-refractivity contribution in [3.63, 3.8) is 0 Å². The van der Waals surface area contributed by atoms with Crippen LogP contribution in [0.25, 0.3) is 30.0 Å². The third-order valence-corrected chi connectivity index (χ3v) is 4.54. The fourth-order valence-electron chi connectivity index (χ4n) is 2.79. The number of oxazole rings is 1. The number of nitrogens with one attached hydrogen (secondary N) is 1. The molecule has 5 nitrogen and oxygen atoms in total. The maximum absolute atomic E-state index is 12.3. The molecule has 0 aliphatic heterocycles. The van der Waals surface area contributed by atoms with Gasteiger partial charge in [-0.3, -0.25) is 0 Å². The van der Waals surface area contributed by atoms with E-state index in [1.165, 1.54) is 0 Å². The molecule has 0 bridgehead atoms. The zero-order valence-corrected chi connectivity index (χ0v) is 16.3. The van der Waals surface area contributed by atoms with Crippen LogP contribution in [0.15, 0.2) is 78.9 Å². The first-order chi connectivity index (χ1) is 13.6. The Bertz CT molecular complexity index is 1400. The Labute approximate surface area is 167 Å². The number of H-pyrrole nitrogens is 1. The van der Waals surface area contributed by atoms with Gasteiger partial charge in [0.15, 0.2) is 5.42 Å². The molecule has 0 fully saturated rings. The van der Waals surface area contributed by atoms with Crippen LogP contribution in [0, 0.1) is 10.8 Å². The van der Waals surface area contributed by atoms with Gasteiger partial charge in [0, 0.05) is 10.0 Å². The molecule has 4 rings (SSSR count). The average Bonchev–Trinajstić information content (AvgIpc) is 3.25. The van der Waals surface area contributed by atoms with Crippen LogP contribution in [0.2, 0.25) is 0 Å². The van der Waals surface area contributed by atoms with Gasteiger partial charge in [-0.1, -0.05) is 88.3 Å². The topological polar surface area (TPSA) is 72.0 Å². The van der Waals surface area contributed by atoms with Gasteiger partial charge in [0.05, 0.1) is 0 Å². The Morgan fingerprint density at radius 2 is 1.75 bits per heavy atom. The Morgan fingerprint density at radius 3 is 2.46 bits per heavy atom. The third kappa shape index (κ3) is 3.68. The molecule has 4 aromatic rings. The molecule has 0 aliphatic carbocycles. The van der Waals surface area contributed by atoms with E-state index in [1.807, 2.05) is 66.7 Å². The van der Waals surface area contributed by atoms with E-state index in [2.05, 4.69) is 32.6 Å². The van der Waals surface area contributed by atoms with E-state index in [-0.39, 0.29) is 5.55 Å². The van der Waals surface area contributed by atoms with Gasteiger partial charge in [-0.05, 0) is 17.7 Å². The van der Waals surface area contributed by atoms with E-state index in [0.29, 0.717) is 21.7 Å². The van der Waals surface area contributed by atoms with Crippen molar-refractivity contribution in [2.45, 2.75) is 0 Å². The van der Waals surface area contributed by atoms with Gasteiger partial charge in [0.1, 0.15) is 16.3 Å². The quantitative estimate of drug-likeness (QED) is 0.535. The molecule has 28 heavy (non-hydrogen) atoms. The highest BCUT2D eigenvalue weighted by atomic mass is 79.9. The minimum absolute atomic E-state index is 0.251. The van der Waals surface area contributed by atoms with Crippen molar-refractivity contribution in [2.75, 3.05) is 0 Å². The zero-order chi connectivity index (χ0) is 19.5. The second kappa shape index (κ2) is 7.70. The fraction of sp³-hybridized carbons (Fsp3) is 0. The Balaban J connectivity index is 1.90. The summed E-state index contributed by atoms with van der Waals surface area (Å²) in [7, 11) is 0. The maximum atomic E-state index is 12.3. The summed E-state index contributed by atoms with van der Waals surface area (Å²) < 4.78 is 11.4. The number of hydrogen-bond acceptors (Lipinski definition) is 4. The molecule has 0 aliphatic rings. The van der Waals surface area contributed by atoms with Crippen LogP contribution in [-0.2, 0) is 0 Å². The molecule has 2 aromatic heterocycles. The van der Waals surface area contributed by atoms with Gasteiger partial charge in [-0.2, -0.15) is 0 Å². The molecular weight excluding hydrogens is 420 g/mol. The predicted molar refractivity (Wildman–Crippen MR) is 112 cm³/mol. The SMILES string of the molecule is C=c1onc(-c2ccccc2)c1=c1[nH]/c(=C\C(Br)=C\c2ccccc2)c(=O)o1. The number of halogens is 1. The van der Waals surface area contributed by atoms with E-state index < -0.39 is 5.63 Å². The molecule has 0 atom stereocenters. The van der Waals surface area contributed by atoms with Crippen LogP contribution in [0.3, 0.4) is 0 Å². The first-order valence-electron chi connectivity index (χ1n) is 8.49. The second-order valence-electron chi connectivity index (χ2n) is 6.04. The third-order valence-electron chi connectivity index (χ3n) is 4.09. The van der Waals surface area contributed by atoms with Gasteiger partial charge < -0.3 is 13.9 Å². The molecule has 0 saturated heterocycles. The largest absolute Gasteiger partial charge is 0.404 e. The monoisotopic (exact) mass is 434 g/mol. The number of allylic oxidation sites excluding steroid dienone is 1. The molecule has 2 heterocycles. The fourth-order valence-corrected chi connectivity index (χ4v) is 3.29. The van der Waals surface area contributed by atoms with E-state index in [1.54, 1.807) is 6.08 Å². The molecule has 0 unspecified atom stereocenters. The lowest BCUT2D eigenvalue weighted by molar-refractivity contribution is 0.396. The lowest BCUT2D eigenvalue weighted by Gasteiger charge is -1.92. The lowest BCUT2D eigenvalue weighted by atomic mass is 10.1. The van der Waals surface area contributed by atoms with Crippen molar-refractivity contribution in [3.05, 3.63) is 103 Å². The summed E-state index contributed by atoms with van der Waals surface area (Å²) in [5.74, 6) is 0. The lowest BCUT2D eigenvalue weighted by Crippen LogP contribution is -2.20. The van der Waals surface area contributed by atoms with Gasteiger partial charge in [-0.25, -0.2) is 4.79 Å². The first kappa shape index (κ1) is 18.0. The number of hydrogen-bond donors (Lipinski definition) is 1. The summed E-state index contributed by atoms with van der Waals surface area (Å²) in [5.41, 5.74) is 2.47. The Morgan fingerprint density at radius 1 is 1.07 bits per heavy atom. The summed E-state index contributed by atoms with van der Waals surface area (Å²) in [4.78, 5) is 15.3. The van der Waals surface area contributed by atoms with Crippen molar-refractivity contribution >= 4 is 34.7 Å². The van der Waals surface area contributed by atoms with Gasteiger partial charge >= 0.3 is 5.63 Å². The van der Waals surface area contributed by atoms with Gasteiger partial charge in [0.25, 0.3) is 0 Å². The van der Waals surface area contributed by atoms with E-state index in [9.17, 15) is 4.79 Å². The van der Waals surface area contributed by atoms with Crippen molar-refractivity contribution in [1.29, 1.82) is 0 Å². The summed E-state index contributed by atoms with van der Waals surface area (Å²) >= 11 is 3.47. The zero-order valence-electron chi connectivity index (χ0n) is 14.7. The van der Waals surface area contributed by atoms with E-state index in [4.69, 9.17) is 8.94 Å². The van der Waals surface area contributed by atoms with Crippen LogP contribution in [0.4, 0.5) is 0 Å². The number of aromatic amines is 1. The molecule has 6 heteroatoms. The minimum atomic E-state index is -0.493. The summed E-state index contributed by atoms with van der Waals surface area (Å²) in [6.45, 7) is 3.86. The minimum Gasteiger partial charge on any atom is -0.404 e. The average molecular weight is 435 g/mol. The van der Waals surface area contributed by atoms with Crippen molar-refractivity contribution in [3.8, 4) is 11.3 Å². The highest BCUT2D eigenvalue weighted by molar-refractivity contribution is 9.12. The van der Waals surface area contributed by atoms with Crippen LogP contribution in [0.5, 0.6) is 0 Å². The van der Waals surface area contributed by atoms with Crippen molar-refractivity contribution in [1.82, 2.24) is 10.1 Å². The number of nitrogens with zero attached hydrogens (tertiary/aromatic N) is 1. The van der Waals surface area contributed by atoms with Crippen LogP contribution < -0.4 is 16.4 Å². The number of rotatable bonds is 3. The Hall–Kier alpha value is -3.38. The highest BCUT2D eigenvalue weighted by Crippen LogP contribution is 2.16. The maximum Gasteiger partial charge on any atom is 0.361 e. The summed E-state index contributed by atoms with van der Waals surface area (Å²) in [5, 5.41) is 4.89. The molecular formula is C22H15BrN2O3. The highest BCUT2D eigenvalue weighted by Gasteiger charge is 2.09. The van der Waals surface area contributed by atoms with Crippen LogP contribution in [-0.4, -0.2) is 10.1 Å². The standard InChI is InChI=1S/C22H15BrN2O3/c1-14-19(20(25-28-14)16-10-6-3-7-11-16)21-24-18(22(26)27-21)13-17(23)12-15-8-4-2-5-9-15/h2-13,24H,1H2/b17-12-,18-13-,21-19?. The number of benzene rings is 2. The molecule has 0 spiro atoms. The van der Waals surface area contributed by atoms with Crippen molar-refractivity contribution < 1.29 is 8.94 Å². The normalized spacial score (nSPS) is 13.8. The molecule has 0 amide bonds. The van der Waals surface area contributed by atoms with Gasteiger partial charge in [0.2, 0.25) is 5.55 Å². The smallest absolute Gasteiger partial charge is 0.361 e.